The van der Waals surface area contributed by atoms with E-state index < -0.39 is 16.9 Å². The Labute approximate surface area is 147 Å². The fourth-order valence-corrected chi connectivity index (χ4v) is 4.56. The third-order valence-corrected chi connectivity index (χ3v) is 5.77. The molecule has 0 radical (unpaired) electrons. The van der Waals surface area contributed by atoms with Crippen molar-refractivity contribution in [3.05, 3.63) is 90.0 Å². The average molecular weight is 357 g/mol. The molecule has 0 saturated heterocycles. The van der Waals surface area contributed by atoms with E-state index in [0.717, 1.165) is 14.7 Å². The fourth-order valence-electron chi connectivity index (χ4n) is 2.44. The van der Waals surface area contributed by atoms with Gasteiger partial charge in [-0.3, -0.25) is 0 Å². The van der Waals surface area contributed by atoms with Crippen LogP contribution in [-0.4, -0.2) is 13.1 Å². The van der Waals surface area contributed by atoms with Gasteiger partial charge >= 0.3 is 5.97 Å². The van der Waals surface area contributed by atoms with E-state index in [-0.39, 0.29) is 11.6 Å². The molecule has 126 valence electrons. The minimum absolute atomic E-state index is 0.349. The van der Waals surface area contributed by atoms with E-state index in [1.54, 1.807) is 36.4 Å². The number of hydrogen-bond acceptors (Lipinski definition) is 2. The maximum absolute atomic E-state index is 13.7. The molecule has 0 amide bonds. The van der Waals surface area contributed by atoms with E-state index in [2.05, 4.69) is 0 Å². The lowest BCUT2D eigenvalue weighted by Gasteiger charge is -2.09. The molecule has 3 aromatic carbocycles. The largest absolute Gasteiger partial charge is 0.465 e. The number of esters is 1. The van der Waals surface area contributed by atoms with Gasteiger partial charge in [-0.05, 0) is 48.5 Å². The van der Waals surface area contributed by atoms with Crippen LogP contribution in [0.1, 0.15) is 10.4 Å². The number of ether oxygens (including phenoxy) is 1. The summed E-state index contributed by atoms with van der Waals surface area (Å²) in [5.74, 6) is -1.13. The van der Waals surface area contributed by atoms with Gasteiger partial charge in [-0.15, -0.1) is 0 Å². The van der Waals surface area contributed by atoms with Gasteiger partial charge < -0.3 is 4.74 Å². The van der Waals surface area contributed by atoms with Crippen molar-refractivity contribution in [2.45, 2.75) is 14.7 Å². The quantitative estimate of drug-likeness (QED) is 0.493. The molecule has 0 bridgehead atoms. The van der Waals surface area contributed by atoms with Crippen LogP contribution in [-0.2, 0) is 15.6 Å². The summed E-state index contributed by atoms with van der Waals surface area (Å²) in [6, 6.07) is 19.4. The summed E-state index contributed by atoms with van der Waals surface area (Å²) in [5, 5.41) is 0. The fraction of sp³-hybridized carbons (Fsp3) is 0.0500. The summed E-state index contributed by atoms with van der Waals surface area (Å²) in [6.45, 7) is 0. The second kappa shape index (κ2) is 7.49. The average Bonchev–Trinajstić information content (AvgIpc) is 2.62. The van der Waals surface area contributed by atoms with Crippen molar-refractivity contribution in [2.24, 2.45) is 0 Å². The highest BCUT2D eigenvalue weighted by Crippen LogP contribution is 2.32. The molecular formula is C20H15F2O2S+. The zero-order valence-corrected chi connectivity index (χ0v) is 14.2. The van der Waals surface area contributed by atoms with Crippen LogP contribution in [0.3, 0.4) is 0 Å². The Bertz CT molecular complexity index is 849. The summed E-state index contributed by atoms with van der Waals surface area (Å²) in [4.78, 5) is 13.9. The van der Waals surface area contributed by atoms with Gasteiger partial charge in [0.1, 0.15) is 11.6 Å². The van der Waals surface area contributed by atoms with Crippen LogP contribution in [0.4, 0.5) is 8.78 Å². The maximum atomic E-state index is 13.7. The summed E-state index contributed by atoms with van der Waals surface area (Å²) in [7, 11) is 0.629. The van der Waals surface area contributed by atoms with Crippen LogP contribution in [0.25, 0.3) is 0 Å². The summed E-state index contributed by atoms with van der Waals surface area (Å²) >= 11 is 0. The van der Waals surface area contributed by atoms with Crippen molar-refractivity contribution in [1.29, 1.82) is 0 Å². The summed E-state index contributed by atoms with van der Waals surface area (Å²) < 4.78 is 32.1. The van der Waals surface area contributed by atoms with Crippen molar-refractivity contribution in [3.63, 3.8) is 0 Å². The molecule has 0 saturated carbocycles. The molecular weight excluding hydrogens is 342 g/mol. The first kappa shape index (κ1) is 17.2. The number of methoxy groups -OCH3 is 1. The molecule has 0 heterocycles. The lowest BCUT2D eigenvalue weighted by Crippen LogP contribution is -2.07. The van der Waals surface area contributed by atoms with Gasteiger partial charge in [0.05, 0.1) is 23.6 Å². The Morgan fingerprint density at radius 3 is 1.76 bits per heavy atom. The highest BCUT2D eigenvalue weighted by Gasteiger charge is 2.29. The maximum Gasteiger partial charge on any atom is 0.337 e. The molecule has 0 unspecified atom stereocenters. The second-order valence-electron chi connectivity index (χ2n) is 5.24. The minimum atomic E-state index is -0.691. The Kier molecular flexibility index (Phi) is 5.14. The number of halogens is 2. The smallest absolute Gasteiger partial charge is 0.337 e. The molecule has 0 fully saturated rings. The minimum Gasteiger partial charge on any atom is -0.465 e. The van der Waals surface area contributed by atoms with Crippen LogP contribution in [0, 0.1) is 11.6 Å². The van der Waals surface area contributed by atoms with Crippen molar-refractivity contribution in [2.75, 3.05) is 7.11 Å². The van der Waals surface area contributed by atoms with Gasteiger partial charge in [-0.2, -0.15) is 0 Å². The summed E-state index contributed by atoms with van der Waals surface area (Å²) in [6.07, 6.45) is 0. The monoisotopic (exact) mass is 357 g/mol. The third kappa shape index (κ3) is 3.88. The highest BCUT2D eigenvalue weighted by molar-refractivity contribution is 7.97. The van der Waals surface area contributed by atoms with E-state index >= 15 is 0 Å². The third-order valence-electron chi connectivity index (χ3n) is 3.57. The van der Waals surface area contributed by atoms with E-state index in [1.165, 1.54) is 31.4 Å². The number of rotatable bonds is 4. The van der Waals surface area contributed by atoms with Gasteiger partial charge in [0.2, 0.25) is 0 Å². The van der Waals surface area contributed by atoms with Gasteiger partial charge in [-0.1, -0.05) is 12.1 Å². The Balaban J connectivity index is 2.09. The topological polar surface area (TPSA) is 26.3 Å². The highest BCUT2D eigenvalue weighted by atomic mass is 32.2. The molecule has 0 N–H and O–H groups in total. The van der Waals surface area contributed by atoms with E-state index in [1.807, 2.05) is 12.1 Å². The van der Waals surface area contributed by atoms with Gasteiger partial charge in [0, 0.05) is 12.1 Å². The number of carbonyl (C=O) groups excluding carboxylic acids is 1. The predicted molar refractivity (Wildman–Crippen MR) is 92.7 cm³/mol. The standard InChI is InChI=1S/C20H15F2O2S/c1-24-20(23)14-8-10-17(11-9-14)25(18-6-2-4-15(21)12-18)19-7-3-5-16(22)13-19/h2-13H,1H3/q+1. The van der Waals surface area contributed by atoms with Crippen molar-refractivity contribution in [3.8, 4) is 0 Å². The first-order valence-corrected chi connectivity index (χ1v) is 8.75. The molecule has 0 aliphatic rings. The first-order chi connectivity index (χ1) is 12.1. The Morgan fingerprint density at radius 2 is 1.32 bits per heavy atom. The Morgan fingerprint density at radius 1 is 0.800 bits per heavy atom. The van der Waals surface area contributed by atoms with Gasteiger partial charge in [0.15, 0.2) is 14.7 Å². The molecule has 0 spiro atoms. The van der Waals surface area contributed by atoms with Crippen molar-refractivity contribution in [1.82, 2.24) is 0 Å². The molecule has 3 aromatic rings. The zero-order chi connectivity index (χ0) is 17.8. The molecule has 3 rings (SSSR count). The molecule has 0 aromatic heterocycles. The van der Waals surface area contributed by atoms with E-state index in [4.69, 9.17) is 4.74 Å². The van der Waals surface area contributed by atoms with E-state index in [0.29, 0.717) is 5.56 Å². The Hall–Kier alpha value is -2.66. The van der Waals surface area contributed by atoms with Crippen LogP contribution < -0.4 is 0 Å². The SMILES string of the molecule is COC(=O)c1ccc([S+](c2cccc(F)c2)c2cccc(F)c2)cc1. The number of hydrogen-bond donors (Lipinski definition) is 0. The lowest BCUT2D eigenvalue weighted by molar-refractivity contribution is 0.0600. The molecule has 2 nitrogen and oxygen atoms in total. The van der Waals surface area contributed by atoms with Crippen LogP contribution in [0.15, 0.2) is 87.5 Å². The van der Waals surface area contributed by atoms with Gasteiger partial charge in [0.25, 0.3) is 0 Å². The predicted octanol–water partition coefficient (Wildman–Crippen LogP) is 4.85. The van der Waals surface area contributed by atoms with Crippen LogP contribution in [0.2, 0.25) is 0 Å². The van der Waals surface area contributed by atoms with Crippen LogP contribution >= 0.6 is 0 Å². The number of benzene rings is 3. The molecule has 5 heteroatoms. The molecule has 0 aliphatic heterocycles. The zero-order valence-electron chi connectivity index (χ0n) is 13.4. The molecule has 25 heavy (non-hydrogen) atoms. The number of carbonyl (C=O) groups is 1. The molecule has 0 atom stereocenters. The molecule has 0 aliphatic carbocycles. The second-order valence-corrected chi connectivity index (χ2v) is 7.26. The lowest BCUT2D eigenvalue weighted by atomic mass is 10.2. The first-order valence-electron chi connectivity index (χ1n) is 7.52. The van der Waals surface area contributed by atoms with Crippen molar-refractivity contribution < 1.29 is 18.3 Å². The van der Waals surface area contributed by atoms with Crippen molar-refractivity contribution >= 4 is 16.9 Å². The van der Waals surface area contributed by atoms with Gasteiger partial charge in [-0.25, -0.2) is 13.6 Å². The van der Waals surface area contributed by atoms with Crippen LogP contribution in [0.5, 0.6) is 0 Å². The summed E-state index contributed by atoms with van der Waals surface area (Å²) in [5.41, 5.74) is 0.424. The van der Waals surface area contributed by atoms with E-state index in [9.17, 15) is 13.6 Å². The normalized spacial score (nSPS) is 10.7.